The second kappa shape index (κ2) is 10.0. The van der Waals surface area contributed by atoms with Crippen molar-refractivity contribution in [1.82, 2.24) is 10.6 Å². The number of nitrogens with one attached hydrogen (secondary N) is 2. The van der Waals surface area contributed by atoms with Gasteiger partial charge in [-0.1, -0.05) is 35.5 Å². The molecule has 0 radical (unpaired) electrons. The molecule has 2 N–H and O–H groups in total. The highest BCUT2D eigenvalue weighted by atomic mass is 32.2. The van der Waals surface area contributed by atoms with Gasteiger partial charge >= 0.3 is 6.03 Å². The third-order valence-electron chi connectivity index (χ3n) is 5.05. The van der Waals surface area contributed by atoms with Crippen molar-refractivity contribution >= 4 is 46.5 Å². The van der Waals surface area contributed by atoms with Crippen LogP contribution >= 0.6 is 11.8 Å². The number of hydrogen-bond donors (Lipinski definition) is 2. The van der Waals surface area contributed by atoms with E-state index in [1.807, 2.05) is 37.3 Å². The molecule has 9 nitrogen and oxygen atoms in total. The van der Waals surface area contributed by atoms with Crippen LogP contribution in [0.15, 0.2) is 53.2 Å². The third kappa shape index (κ3) is 5.07. The summed E-state index contributed by atoms with van der Waals surface area (Å²) in [5.41, 5.74) is 2.63. The number of hydrogen-bond acceptors (Lipinski definition) is 7. The SMILES string of the molecule is CCNC(=O)NC(=O)C(C)SC1=N/C(=C/c2ccc3c(c2)OCO3)C(=O)N1c1ccc(C)cc1. The van der Waals surface area contributed by atoms with E-state index >= 15 is 0 Å². The Morgan fingerprint density at radius 1 is 1.18 bits per heavy atom. The Hall–Kier alpha value is -3.79. The minimum Gasteiger partial charge on any atom is -0.454 e. The largest absolute Gasteiger partial charge is 0.454 e. The highest BCUT2D eigenvalue weighted by Gasteiger charge is 2.34. The monoisotopic (exact) mass is 480 g/mol. The smallest absolute Gasteiger partial charge is 0.321 e. The highest BCUT2D eigenvalue weighted by molar-refractivity contribution is 8.15. The normalized spacial score (nSPS) is 16.4. The highest BCUT2D eigenvalue weighted by Crippen LogP contribution is 2.35. The summed E-state index contributed by atoms with van der Waals surface area (Å²) in [6, 6.07) is 12.3. The number of rotatable bonds is 5. The first-order valence-corrected chi connectivity index (χ1v) is 11.6. The molecule has 0 bridgehead atoms. The number of amides is 4. The van der Waals surface area contributed by atoms with Gasteiger partial charge in [0.1, 0.15) is 5.70 Å². The number of carbonyl (C=O) groups excluding carboxylic acids is 3. The maximum atomic E-state index is 13.4. The number of thioether (sulfide) groups is 1. The Bertz CT molecular complexity index is 1190. The molecular formula is C24H24N4O5S. The standard InChI is InChI=1S/C24H24N4O5S/c1-4-25-23(31)27-21(29)15(3)34-24-26-18(11-16-7-10-19-20(12-16)33-13-32-19)22(30)28(24)17-8-5-14(2)6-9-17/h5-12,15H,4,13H2,1-3H3,(H2,25,27,29,31)/b18-11+. The van der Waals surface area contributed by atoms with Crippen molar-refractivity contribution in [3.8, 4) is 11.5 Å². The topological polar surface area (TPSA) is 109 Å². The molecule has 2 aliphatic rings. The number of ether oxygens (including phenoxy) is 2. The van der Waals surface area contributed by atoms with E-state index in [1.54, 1.807) is 32.1 Å². The van der Waals surface area contributed by atoms with Crippen molar-refractivity contribution < 1.29 is 23.9 Å². The van der Waals surface area contributed by atoms with Gasteiger partial charge in [0.25, 0.3) is 5.91 Å². The summed E-state index contributed by atoms with van der Waals surface area (Å²) >= 11 is 1.10. The van der Waals surface area contributed by atoms with E-state index in [1.165, 1.54) is 4.90 Å². The van der Waals surface area contributed by atoms with Crippen LogP contribution in [-0.2, 0) is 9.59 Å². The van der Waals surface area contributed by atoms with Gasteiger partial charge in [-0.05, 0) is 56.7 Å². The quantitative estimate of drug-likeness (QED) is 0.635. The van der Waals surface area contributed by atoms with Gasteiger partial charge in [0.15, 0.2) is 16.7 Å². The van der Waals surface area contributed by atoms with Gasteiger partial charge in [0.2, 0.25) is 12.7 Å². The molecule has 2 aromatic carbocycles. The fraction of sp³-hybridized carbons (Fsp3) is 0.250. The lowest BCUT2D eigenvalue weighted by Crippen LogP contribution is -2.43. The zero-order chi connectivity index (χ0) is 24.2. The third-order valence-corrected chi connectivity index (χ3v) is 6.10. The minimum atomic E-state index is -0.674. The average Bonchev–Trinajstić information content (AvgIpc) is 3.39. The molecule has 0 saturated heterocycles. The van der Waals surface area contributed by atoms with Crippen LogP contribution in [0.4, 0.5) is 10.5 Å². The number of amidine groups is 1. The van der Waals surface area contributed by atoms with Gasteiger partial charge in [0, 0.05) is 6.54 Å². The van der Waals surface area contributed by atoms with Crippen LogP contribution in [-0.4, -0.2) is 41.6 Å². The van der Waals surface area contributed by atoms with Crippen LogP contribution in [0.2, 0.25) is 0 Å². The Morgan fingerprint density at radius 2 is 1.91 bits per heavy atom. The number of anilines is 1. The van der Waals surface area contributed by atoms with E-state index < -0.39 is 17.2 Å². The minimum absolute atomic E-state index is 0.157. The molecule has 2 aliphatic heterocycles. The summed E-state index contributed by atoms with van der Waals surface area (Å²) in [6.07, 6.45) is 1.67. The predicted octanol–water partition coefficient (Wildman–Crippen LogP) is 3.43. The molecule has 1 atom stereocenters. The average molecular weight is 481 g/mol. The van der Waals surface area contributed by atoms with E-state index in [-0.39, 0.29) is 18.4 Å². The van der Waals surface area contributed by atoms with Crippen molar-refractivity contribution in [3.05, 3.63) is 59.3 Å². The lowest BCUT2D eigenvalue weighted by atomic mass is 10.1. The molecule has 4 amide bonds. The molecule has 2 aromatic rings. The van der Waals surface area contributed by atoms with Crippen molar-refractivity contribution in [2.24, 2.45) is 4.99 Å². The van der Waals surface area contributed by atoms with Gasteiger partial charge in [0.05, 0.1) is 10.9 Å². The molecule has 0 saturated carbocycles. The number of aliphatic imine (C=N–C) groups is 1. The van der Waals surface area contributed by atoms with E-state index in [2.05, 4.69) is 15.6 Å². The first-order valence-electron chi connectivity index (χ1n) is 10.7. The van der Waals surface area contributed by atoms with Gasteiger partial charge < -0.3 is 14.8 Å². The number of benzene rings is 2. The van der Waals surface area contributed by atoms with E-state index in [0.29, 0.717) is 28.9 Å². The van der Waals surface area contributed by atoms with Crippen LogP contribution in [0.1, 0.15) is 25.0 Å². The summed E-state index contributed by atoms with van der Waals surface area (Å²) in [5, 5.41) is 4.49. The maximum Gasteiger partial charge on any atom is 0.321 e. The van der Waals surface area contributed by atoms with Crippen molar-refractivity contribution in [3.63, 3.8) is 0 Å². The summed E-state index contributed by atoms with van der Waals surface area (Å²) in [6.45, 7) is 5.92. The Balaban J connectivity index is 1.62. The summed E-state index contributed by atoms with van der Waals surface area (Å²) in [7, 11) is 0. The number of imide groups is 1. The van der Waals surface area contributed by atoms with E-state index in [9.17, 15) is 14.4 Å². The molecule has 0 spiro atoms. The fourth-order valence-corrected chi connectivity index (χ4v) is 4.21. The second-order valence-electron chi connectivity index (χ2n) is 7.62. The Labute approximate surface area is 201 Å². The lowest BCUT2D eigenvalue weighted by Gasteiger charge is -2.20. The van der Waals surface area contributed by atoms with Crippen molar-refractivity contribution in [1.29, 1.82) is 0 Å². The van der Waals surface area contributed by atoms with Gasteiger partial charge in [-0.3, -0.25) is 19.8 Å². The molecule has 4 rings (SSSR count). The number of carbonyl (C=O) groups is 3. The maximum absolute atomic E-state index is 13.4. The number of aryl methyl sites for hydroxylation is 1. The fourth-order valence-electron chi connectivity index (χ4n) is 3.29. The molecule has 0 fully saturated rings. The van der Waals surface area contributed by atoms with Crippen molar-refractivity contribution in [2.45, 2.75) is 26.0 Å². The second-order valence-corrected chi connectivity index (χ2v) is 8.93. The molecule has 34 heavy (non-hydrogen) atoms. The van der Waals surface area contributed by atoms with E-state index in [4.69, 9.17) is 9.47 Å². The molecule has 176 valence electrons. The summed E-state index contributed by atoms with van der Waals surface area (Å²) in [4.78, 5) is 43.6. The van der Waals surface area contributed by atoms with E-state index in [0.717, 1.165) is 22.9 Å². The van der Waals surface area contributed by atoms with Crippen LogP contribution in [0.5, 0.6) is 11.5 Å². The van der Waals surface area contributed by atoms with Gasteiger partial charge in [-0.25, -0.2) is 9.79 Å². The molecule has 2 heterocycles. The van der Waals surface area contributed by atoms with Crippen molar-refractivity contribution in [2.75, 3.05) is 18.2 Å². The number of nitrogens with zero attached hydrogens (tertiary/aromatic N) is 2. The number of fused-ring (bicyclic) bond motifs is 1. The van der Waals surface area contributed by atoms with Crippen LogP contribution in [0.3, 0.4) is 0 Å². The zero-order valence-electron chi connectivity index (χ0n) is 19.0. The van der Waals surface area contributed by atoms with Gasteiger partial charge in [-0.15, -0.1) is 0 Å². The van der Waals surface area contributed by atoms with Crippen LogP contribution < -0.4 is 25.0 Å². The number of urea groups is 1. The first-order chi connectivity index (χ1) is 16.4. The summed E-state index contributed by atoms with van der Waals surface area (Å²) in [5.74, 6) is 0.445. The first kappa shape index (κ1) is 23.4. The Kier molecular flexibility index (Phi) is 6.87. The predicted molar refractivity (Wildman–Crippen MR) is 131 cm³/mol. The van der Waals surface area contributed by atoms with Gasteiger partial charge in [-0.2, -0.15) is 0 Å². The molecule has 0 aliphatic carbocycles. The van der Waals surface area contributed by atoms with Crippen LogP contribution in [0.25, 0.3) is 6.08 Å². The zero-order valence-corrected chi connectivity index (χ0v) is 19.8. The molecular weight excluding hydrogens is 456 g/mol. The summed E-state index contributed by atoms with van der Waals surface area (Å²) < 4.78 is 10.8. The molecule has 0 aromatic heterocycles. The van der Waals surface area contributed by atoms with Crippen LogP contribution in [0, 0.1) is 6.92 Å². The molecule has 10 heteroatoms. The lowest BCUT2D eigenvalue weighted by molar-refractivity contribution is -0.119. The Morgan fingerprint density at radius 3 is 2.65 bits per heavy atom. The molecule has 1 unspecified atom stereocenters.